The van der Waals surface area contributed by atoms with Crippen molar-refractivity contribution in [3.05, 3.63) is 42.5 Å². The van der Waals surface area contributed by atoms with Gasteiger partial charge in [-0.25, -0.2) is 0 Å². The van der Waals surface area contributed by atoms with Gasteiger partial charge in [0.1, 0.15) is 0 Å². The Labute approximate surface area is 90.2 Å². The van der Waals surface area contributed by atoms with E-state index in [4.69, 9.17) is 0 Å². The van der Waals surface area contributed by atoms with Gasteiger partial charge in [0.25, 0.3) is 0 Å². The minimum absolute atomic E-state index is 0. The maximum atomic E-state index is 4.35. The minimum Gasteiger partial charge on any atom is -0.143 e. The summed E-state index contributed by atoms with van der Waals surface area (Å²) in [7, 11) is 0. The number of thiol groups is 1. The first-order valence-corrected chi connectivity index (χ1v) is 3.99. The molecule has 0 heterocycles. The SMILES string of the molecule is Sc1cccc2ccccc12.[Zn+2]. The van der Waals surface area contributed by atoms with Crippen molar-refractivity contribution >= 4 is 23.4 Å². The first kappa shape index (κ1) is 9.76. The van der Waals surface area contributed by atoms with E-state index >= 15 is 0 Å². The van der Waals surface area contributed by atoms with E-state index in [9.17, 15) is 0 Å². The molecule has 0 aliphatic carbocycles. The van der Waals surface area contributed by atoms with Crippen LogP contribution in [0.4, 0.5) is 0 Å². The van der Waals surface area contributed by atoms with E-state index in [2.05, 4.69) is 30.8 Å². The first-order valence-electron chi connectivity index (χ1n) is 3.54. The van der Waals surface area contributed by atoms with Crippen molar-refractivity contribution in [3.8, 4) is 0 Å². The van der Waals surface area contributed by atoms with Gasteiger partial charge in [0, 0.05) is 4.90 Å². The third-order valence-electron chi connectivity index (χ3n) is 1.77. The van der Waals surface area contributed by atoms with Crippen LogP contribution in [-0.4, -0.2) is 0 Å². The second-order valence-electron chi connectivity index (χ2n) is 2.50. The van der Waals surface area contributed by atoms with Crippen LogP contribution in [0.1, 0.15) is 0 Å². The average molecular weight is 226 g/mol. The molecule has 0 bridgehead atoms. The summed E-state index contributed by atoms with van der Waals surface area (Å²) in [6, 6.07) is 14.4. The summed E-state index contributed by atoms with van der Waals surface area (Å²) in [6.45, 7) is 0. The van der Waals surface area contributed by atoms with Gasteiger partial charge in [-0.2, -0.15) is 0 Å². The summed E-state index contributed by atoms with van der Waals surface area (Å²) in [5.74, 6) is 0. The van der Waals surface area contributed by atoms with Crippen LogP contribution in [0, 0.1) is 0 Å². The van der Waals surface area contributed by atoms with Gasteiger partial charge in [0.15, 0.2) is 0 Å². The van der Waals surface area contributed by atoms with Crippen LogP contribution in [0.3, 0.4) is 0 Å². The Morgan fingerprint density at radius 2 is 1.50 bits per heavy atom. The standard InChI is InChI=1S/C10H8S.Zn/c11-10-7-3-5-8-4-1-2-6-9(8)10;/h1-7,11H;/q;+2. The number of hydrogen-bond acceptors (Lipinski definition) is 1. The quantitative estimate of drug-likeness (QED) is 0.517. The van der Waals surface area contributed by atoms with Crippen molar-refractivity contribution in [2.75, 3.05) is 0 Å². The van der Waals surface area contributed by atoms with Gasteiger partial charge in [-0.1, -0.05) is 36.4 Å². The fraction of sp³-hybridized carbons (Fsp3) is 0. The summed E-state index contributed by atoms with van der Waals surface area (Å²) in [4.78, 5) is 1.04. The maximum Gasteiger partial charge on any atom is 2.00 e. The fourth-order valence-electron chi connectivity index (χ4n) is 1.21. The van der Waals surface area contributed by atoms with Gasteiger partial charge in [-0.05, 0) is 16.8 Å². The summed E-state index contributed by atoms with van der Waals surface area (Å²) in [5, 5.41) is 2.47. The van der Waals surface area contributed by atoms with Gasteiger partial charge < -0.3 is 0 Å². The van der Waals surface area contributed by atoms with Crippen LogP contribution in [-0.2, 0) is 19.5 Å². The number of hydrogen-bond donors (Lipinski definition) is 1. The molecule has 0 spiro atoms. The zero-order chi connectivity index (χ0) is 7.68. The zero-order valence-corrected chi connectivity index (χ0v) is 10.6. The maximum absolute atomic E-state index is 4.35. The molecule has 0 amide bonds. The summed E-state index contributed by atoms with van der Waals surface area (Å²) >= 11 is 4.35. The Morgan fingerprint density at radius 1 is 0.833 bits per heavy atom. The average Bonchev–Trinajstić information content (AvgIpc) is 2.06. The van der Waals surface area contributed by atoms with Crippen LogP contribution in [0.5, 0.6) is 0 Å². The zero-order valence-electron chi connectivity index (χ0n) is 6.70. The van der Waals surface area contributed by atoms with Crippen molar-refractivity contribution in [1.29, 1.82) is 0 Å². The van der Waals surface area contributed by atoms with Crippen LogP contribution in [0.15, 0.2) is 47.4 Å². The van der Waals surface area contributed by atoms with Gasteiger partial charge in [-0.3, -0.25) is 0 Å². The molecule has 0 unspecified atom stereocenters. The summed E-state index contributed by atoms with van der Waals surface area (Å²) in [6.07, 6.45) is 0. The molecule has 0 saturated carbocycles. The molecular weight excluding hydrogens is 218 g/mol. The van der Waals surface area contributed by atoms with E-state index in [0.29, 0.717) is 0 Å². The molecular formula is C10H8SZn+2. The Bertz CT molecular complexity index is 379. The number of rotatable bonds is 0. The Morgan fingerprint density at radius 3 is 2.25 bits per heavy atom. The molecule has 0 radical (unpaired) electrons. The normalized spacial score (nSPS) is 9.42. The smallest absolute Gasteiger partial charge is 0.143 e. The van der Waals surface area contributed by atoms with E-state index in [-0.39, 0.29) is 19.5 Å². The van der Waals surface area contributed by atoms with Crippen LogP contribution in [0.2, 0.25) is 0 Å². The summed E-state index contributed by atoms with van der Waals surface area (Å²) < 4.78 is 0. The van der Waals surface area contributed by atoms with Crippen molar-refractivity contribution in [1.82, 2.24) is 0 Å². The third-order valence-corrected chi connectivity index (χ3v) is 2.16. The van der Waals surface area contributed by atoms with Crippen molar-refractivity contribution < 1.29 is 19.5 Å². The topological polar surface area (TPSA) is 0 Å². The largest absolute Gasteiger partial charge is 2.00 e. The van der Waals surface area contributed by atoms with Gasteiger partial charge in [0.05, 0.1) is 0 Å². The number of benzene rings is 2. The predicted molar refractivity (Wildman–Crippen MR) is 51.2 cm³/mol. The molecule has 2 heteroatoms. The Balaban J connectivity index is 0.000000720. The summed E-state index contributed by atoms with van der Waals surface area (Å²) in [5.41, 5.74) is 0. The minimum atomic E-state index is 0. The number of fused-ring (bicyclic) bond motifs is 1. The molecule has 0 saturated heterocycles. The van der Waals surface area contributed by atoms with E-state index in [1.165, 1.54) is 10.8 Å². The molecule has 2 rings (SSSR count). The molecule has 12 heavy (non-hydrogen) atoms. The van der Waals surface area contributed by atoms with E-state index in [1.54, 1.807) is 0 Å². The fourth-order valence-corrected chi connectivity index (χ4v) is 1.50. The molecule has 0 nitrogen and oxygen atoms in total. The van der Waals surface area contributed by atoms with Crippen molar-refractivity contribution in [2.24, 2.45) is 0 Å². The van der Waals surface area contributed by atoms with Gasteiger partial charge >= 0.3 is 19.5 Å². The second-order valence-corrected chi connectivity index (χ2v) is 2.98. The van der Waals surface area contributed by atoms with E-state index in [0.717, 1.165) is 4.90 Å². The Kier molecular flexibility index (Phi) is 3.31. The molecule has 54 valence electrons. The molecule has 2 aromatic carbocycles. The molecule has 2 aromatic rings. The molecule has 0 N–H and O–H groups in total. The second kappa shape index (κ2) is 4.07. The van der Waals surface area contributed by atoms with Crippen molar-refractivity contribution in [3.63, 3.8) is 0 Å². The molecule has 0 atom stereocenters. The van der Waals surface area contributed by atoms with Crippen LogP contribution < -0.4 is 0 Å². The van der Waals surface area contributed by atoms with Crippen LogP contribution in [0.25, 0.3) is 10.8 Å². The molecule has 0 aliphatic rings. The molecule has 0 aliphatic heterocycles. The van der Waals surface area contributed by atoms with Gasteiger partial charge in [-0.15, -0.1) is 12.6 Å². The Hall–Kier alpha value is -0.327. The monoisotopic (exact) mass is 224 g/mol. The van der Waals surface area contributed by atoms with E-state index < -0.39 is 0 Å². The van der Waals surface area contributed by atoms with Gasteiger partial charge in [0.2, 0.25) is 0 Å². The predicted octanol–water partition coefficient (Wildman–Crippen LogP) is 3.13. The molecule has 0 fully saturated rings. The molecule has 0 aromatic heterocycles. The van der Waals surface area contributed by atoms with Crippen LogP contribution >= 0.6 is 12.6 Å². The van der Waals surface area contributed by atoms with Crippen molar-refractivity contribution in [2.45, 2.75) is 4.90 Å². The first-order chi connectivity index (χ1) is 5.38. The third kappa shape index (κ3) is 1.70. The van der Waals surface area contributed by atoms with E-state index in [1.807, 2.05) is 24.3 Å².